The van der Waals surface area contributed by atoms with Crippen LogP contribution in [0.3, 0.4) is 0 Å². The van der Waals surface area contributed by atoms with Crippen LogP contribution in [0.2, 0.25) is 0 Å². The zero-order valence-corrected chi connectivity index (χ0v) is 24.8. The number of nitriles is 1. The number of nitrogens with two attached hydrogens (primary N) is 1. The maximum absolute atomic E-state index is 14.4. The van der Waals surface area contributed by atoms with Gasteiger partial charge in [0.05, 0.1) is 25.0 Å². The summed E-state index contributed by atoms with van der Waals surface area (Å²) in [4.78, 5) is 16.1. The molecule has 13 nitrogen and oxygen atoms in total. The molecule has 0 bridgehead atoms. The molecule has 0 radical (unpaired) electrons. The lowest BCUT2D eigenvalue weighted by Gasteiger charge is -2.30. The third kappa shape index (κ3) is 5.73. The molecule has 0 aliphatic carbocycles. The predicted octanol–water partition coefficient (Wildman–Crippen LogP) is 3.37. The molecule has 43 heavy (non-hydrogen) atoms. The van der Waals surface area contributed by atoms with E-state index in [-0.39, 0.29) is 18.2 Å². The van der Waals surface area contributed by atoms with E-state index in [1.165, 1.54) is 17.8 Å². The summed E-state index contributed by atoms with van der Waals surface area (Å²) >= 11 is 0. The standard InChI is InChI=1S/C29H33N6O7P/c1-4-39-17-28(3,16-36)34-43(38,42-23-11-7-9-20-8-5-6-10-21(20)23)40-14-24-26(37)19(2)29(15-30,41-24)25-13-12-22-27(31)32-18-33-35(22)25/h5-13,16,18-19,24,26,37H,4,14,17H2,1-3H3,(H,34,38)(H2,31,32,33). The van der Waals surface area contributed by atoms with Crippen molar-refractivity contribution in [3.05, 3.63) is 66.6 Å². The Morgan fingerprint density at radius 1 is 1.28 bits per heavy atom. The molecule has 226 valence electrons. The van der Waals surface area contributed by atoms with Gasteiger partial charge in [-0.3, -0.25) is 4.52 Å². The molecule has 2 aromatic heterocycles. The maximum Gasteiger partial charge on any atom is 0.459 e. The number of aldehydes is 1. The monoisotopic (exact) mass is 608 g/mol. The number of fused-ring (bicyclic) bond motifs is 2. The van der Waals surface area contributed by atoms with Gasteiger partial charge in [-0.25, -0.2) is 14.1 Å². The fraction of sp³-hybridized carbons (Fsp3) is 0.379. The Morgan fingerprint density at radius 2 is 2.05 bits per heavy atom. The SMILES string of the molecule is CCOCC(C)(C=O)NP(=O)(OCC1OC(C#N)(c2ccc3c(N)ncnn23)C(C)C1O)Oc1cccc2ccccc12. The average Bonchev–Trinajstić information content (AvgIpc) is 3.55. The summed E-state index contributed by atoms with van der Waals surface area (Å²) in [5, 5.41) is 30.0. The van der Waals surface area contributed by atoms with Crippen LogP contribution >= 0.6 is 7.75 Å². The van der Waals surface area contributed by atoms with Gasteiger partial charge >= 0.3 is 7.75 Å². The number of carbonyl (C=O) groups excluding carboxylic acids is 1. The third-order valence-electron chi connectivity index (χ3n) is 7.54. The van der Waals surface area contributed by atoms with Crippen LogP contribution in [0.1, 0.15) is 26.5 Å². The summed E-state index contributed by atoms with van der Waals surface area (Å²) in [6, 6.07) is 18.1. The van der Waals surface area contributed by atoms with Crippen molar-refractivity contribution < 1.29 is 33.0 Å². The van der Waals surface area contributed by atoms with Crippen LogP contribution in [0.15, 0.2) is 60.9 Å². The first kappa shape index (κ1) is 30.6. The number of nitrogen functional groups attached to an aromatic ring is 1. The molecule has 2 aromatic carbocycles. The van der Waals surface area contributed by atoms with Crippen molar-refractivity contribution in [2.45, 2.75) is 44.1 Å². The minimum atomic E-state index is -4.36. The van der Waals surface area contributed by atoms with E-state index in [2.05, 4.69) is 21.2 Å². The molecule has 0 spiro atoms. The van der Waals surface area contributed by atoms with Crippen LogP contribution in [0, 0.1) is 17.2 Å². The highest BCUT2D eigenvalue weighted by atomic mass is 31.2. The zero-order chi connectivity index (χ0) is 30.8. The van der Waals surface area contributed by atoms with E-state index in [1.54, 1.807) is 44.2 Å². The van der Waals surface area contributed by atoms with Crippen LogP contribution in [0.25, 0.3) is 16.3 Å². The van der Waals surface area contributed by atoms with E-state index in [4.69, 9.17) is 24.3 Å². The molecule has 3 heterocycles. The van der Waals surface area contributed by atoms with Crippen molar-refractivity contribution in [2.24, 2.45) is 5.92 Å². The summed E-state index contributed by atoms with van der Waals surface area (Å²) in [6.07, 6.45) is -0.497. The van der Waals surface area contributed by atoms with E-state index in [0.717, 1.165) is 5.39 Å². The number of benzene rings is 2. The van der Waals surface area contributed by atoms with Gasteiger partial charge in [0, 0.05) is 17.9 Å². The molecule has 1 saturated heterocycles. The van der Waals surface area contributed by atoms with Crippen LogP contribution in [-0.2, 0) is 29.0 Å². The minimum absolute atomic E-state index is 0.108. The lowest BCUT2D eigenvalue weighted by molar-refractivity contribution is -0.114. The second-order valence-electron chi connectivity index (χ2n) is 10.6. The number of carbonyl (C=O) groups is 1. The number of aliphatic hydroxyl groups excluding tert-OH is 1. The number of anilines is 1. The van der Waals surface area contributed by atoms with Crippen molar-refractivity contribution in [1.29, 1.82) is 5.26 Å². The third-order valence-corrected chi connectivity index (χ3v) is 9.25. The van der Waals surface area contributed by atoms with Crippen molar-refractivity contribution in [2.75, 3.05) is 25.6 Å². The second-order valence-corrected chi connectivity index (χ2v) is 12.2. The predicted molar refractivity (Wildman–Crippen MR) is 157 cm³/mol. The fourth-order valence-corrected chi connectivity index (χ4v) is 6.87. The highest BCUT2D eigenvalue weighted by Gasteiger charge is 2.56. The average molecular weight is 609 g/mol. The van der Waals surface area contributed by atoms with Crippen molar-refractivity contribution in [3.63, 3.8) is 0 Å². The number of aromatic nitrogens is 3. The zero-order valence-electron chi connectivity index (χ0n) is 23.9. The van der Waals surface area contributed by atoms with Crippen LogP contribution in [-0.4, -0.2) is 63.6 Å². The topological polar surface area (TPSA) is 183 Å². The largest absolute Gasteiger partial charge is 0.459 e. The van der Waals surface area contributed by atoms with Gasteiger partial charge in [-0.2, -0.15) is 15.4 Å². The van der Waals surface area contributed by atoms with Gasteiger partial charge in [0.15, 0.2) is 5.82 Å². The molecule has 6 unspecified atom stereocenters. The highest BCUT2D eigenvalue weighted by Crippen LogP contribution is 2.50. The number of hydrogen-bond donors (Lipinski definition) is 3. The van der Waals surface area contributed by atoms with E-state index < -0.39 is 43.6 Å². The molecule has 0 amide bonds. The summed E-state index contributed by atoms with van der Waals surface area (Å²) < 4.78 is 39.3. The number of rotatable bonds is 12. The normalized spacial score (nSPS) is 24.8. The summed E-state index contributed by atoms with van der Waals surface area (Å²) in [5.74, 6) is -0.295. The molecule has 6 atom stereocenters. The highest BCUT2D eigenvalue weighted by molar-refractivity contribution is 7.52. The van der Waals surface area contributed by atoms with Crippen molar-refractivity contribution in [1.82, 2.24) is 19.7 Å². The van der Waals surface area contributed by atoms with E-state index in [9.17, 15) is 19.7 Å². The fourth-order valence-electron chi connectivity index (χ4n) is 5.20. The van der Waals surface area contributed by atoms with Crippen molar-refractivity contribution in [3.8, 4) is 11.8 Å². The molecule has 0 saturated carbocycles. The molecule has 4 aromatic rings. The van der Waals surface area contributed by atoms with Gasteiger partial charge in [0.1, 0.15) is 41.6 Å². The maximum atomic E-state index is 14.4. The lowest BCUT2D eigenvalue weighted by atomic mass is 9.85. The first-order valence-corrected chi connectivity index (χ1v) is 15.2. The molecule has 1 aliphatic heterocycles. The van der Waals surface area contributed by atoms with E-state index in [0.29, 0.717) is 29.5 Å². The van der Waals surface area contributed by atoms with Gasteiger partial charge in [0.2, 0.25) is 5.60 Å². The Balaban J connectivity index is 1.45. The molecular formula is C29H33N6O7P. The Bertz CT molecular complexity index is 1720. The number of nitrogens with one attached hydrogen (secondary N) is 1. The van der Waals surface area contributed by atoms with Gasteiger partial charge in [-0.05, 0) is 37.4 Å². The van der Waals surface area contributed by atoms with E-state index in [1.807, 2.05) is 24.3 Å². The summed E-state index contributed by atoms with van der Waals surface area (Å²) in [6.45, 7) is 4.70. The molecule has 1 aliphatic rings. The Hall–Kier alpha value is -3.89. The molecular weight excluding hydrogens is 575 g/mol. The summed E-state index contributed by atoms with van der Waals surface area (Å²) in [5.41, 5.74) is 3.69. The second kappa shape index (κ2) is 12.0. The van der Waals surface area contributed by atoms with Crippen molar-refractivity contribution >= 4 is 36.1 Å². The molecule has 4 N–H and O–H groups in total. The number of aliphatic hydroxyl groups is 1. The Kier molecular flexibility index (Phi) is 8.54. The first-order chi connectivity index (χ1) is 20.6. The molecule has 14 heteroatoms. The van der Waals surface area contributed by atoms with Gasteiger partial charge in [-0.1, -0.05) is 43.3 Å². The number of nitrogens with zero attached hydrogens (tertiary/aromatic N) is 4. The minimum Gasteiger partial charge on any atom is -0.412 e. The lowest BCUT2D eigenvalue weighted by Crippen LogP contribution is -2.47. The Morgan fingerprint density at radius 3 is 2.79 bits per heavy atom. The quantitative estimate of drug-likeness (QED) is 0.158. The van der Waals surface area contributed by atoms with Crippen LogP contribution in [0.5, 0.6) is 5.75 Å². The van der Waals surface area contributed by atoms with Gasteiger partial charge < -0.3 is 29.6 Å². The summed E-state index contributed by atoms with van der Waals surface area (Å²) in [7, 11) is -4.36. The molecule has 5 rings (SSSR count). The molecule has 1 fully saturated rings. The van der Waals surface area contributed by atoms with Crippen LogP contribution in [0.4, 0.5) is 5.82 Å². The van der Waals surface area contributed by atoms with Gasteiger partial charge in [-0.15, -0.1) is 0 Å². The first-order valence-electron chi connectivity index (χ1n) is 13.7. The van der Waals surface area contributed by atoms with E-state index >= 15 is 0 Å². The van der Waals surface area contributed by atoms with Gasteiger partial charge in [0.25, 0.3) is 0 Å². The number of ether oxygens (including phenoxy) is 2. The number of hydrogen-bond acceptors (Lipinski definition) is 11. The Labute approximate surface area is 248 Å². The van der Waals surface area contributed by atoms with Crippen LogP contribution < -0.4 is 15.3 Å². The smallest absolute Gasteiger partial charge is 0.412 e.